The van der Waals surface area contributed by atoms with Crippen molar-refractivity contribution in [3.8, 4) is 0 Å². The van der Waals surface area contributed by atoms with Gasteiger partial charge in [-0.2, -0.15) is 0 Å². The number of oxime groups is 1. The molecule has 2 nitrogen and oxygen atoms in total. The highest BCUT2D eigenvalue weighted by Gasteiger charge is 2.04. The van der Waals surface area contributed by atoms with E-state index in [9.17, 15) is 0 Å². The molecule has 0 atom stereocenters. The molecular formula is C16H15NO. The maximum absolute atomic E-state index is 8.82. The van der Waals surface area contributed by atoms with Gasteiger partial charge in [0.25, 0.3) is 0 Å². The van der Waals surface area contributed by atoms with Crippen molar-refractivity contribution in [3.05, 3.63) is 77.9 Å². The zero-order valence-electron chi connectivity index (χ0n) is 10.2. The molecule has 0 amide bonds. The Balaban J connectivity index is 2.52. The molecule has 0 saturated heterocycles. The summed E-state index contributed by atoms with van der Waals surface area (Å²) in [5, 5.41) is 12.0. The summed E-state index contributed by atoms with van der Waals surface area (Å²) >= 11 is 0. The van der Waals surface area contributed by atoms with Gasteiger partial charge in [-0.15, -0.1) is 0 Å². The topological polar surface area (TPSA) is 32.6 Å². The quantitative estimate of drug-likeness (QED) is 0.489. The molecule has 0 heterocycles. The summed E-state index contributed by atoms with van der Waals surface area (Å²) in [4.78, 5) is 0. The van der Waals surface area contributed by atoms with E-state index in [4.69, 9.17) is 5.21 Å². The fourth-order valence-electron chi connectivity index (χ4n) is 1.81. The van der Waals surface area contributed by atoms with E-state index in [0.29, 0.717) is 5.71 Å². The van der Waals surface area contributed by atoms with E-state index in [2.05, 4.69) is 5.16 Å². The number of benzene rings is 2. The molecule has 1 N–H and O–H groups in total. The van der Waals surface area contributed by atoms with Crippen molar-refractivity contribution in [1.29, 1.82) is 0 Å². The number of hydrogen-bond acceptors (Lipinski definition) is 2. The normalized spacial score (nSPS) is 11.1. The molecular weight excluding hydrogens is 222 g/mol. The molecule has 90 valence electrons. The zero-order chi connectivity index (χ0) is 12.8. The van der Waals surface area contributed by atoms with Gasteiger partial charge in [0.05, 0.1) is 5.71 Å². The summed E-state index contributed by atoms with van der Waals surface area (Å²) in [5.74, 6) is 0. The monoisotopic (exact) mass is 237 g/mol. The van der Waals surface area contributed by atoms with Gasteiger partial charge >= 0.3 is 0 Å². The fourth-order valence-corrected chi connectivity index (χ4v) is 1.81. The van der Waals surface area contributed by atoms with Gasteiger partial charge in [0.2, 0.25) is 0 Å². The van der Waals surface area contributed by atoms with Crippen molar-refractivity contribution in [3.63, 3.8) is 0 Å². The Hall–Kier alpha value is -2.35. The van der Waals surface area contributed by atoms with Gasteiger partial charge in [0.15, 0.2) is 0 Å². The van der Waals surface area contributed by atoms with Crippen molar-refractivity contribution in [2.75, 3.05) is 0 Å². The number of nitrogens with zero attached hydrogens (tertiary/aromatic N) is 1. The molecule has 0 bridgehead atoms. The molecule has 2 heteroatoms. The van der Waals surface area contributed by atoms with E-state index in [1.165, 1.54) is 0 Å². The molecule has 0 unspecified atom stereocenters. The lowest BCUT2D eigenvalue weighted by Gasteiger charge is -2.08. The molecule has 0 aromatic heterocycles. The minimum Gasteiger partial charge on any atom is -0.411 e. The van der Waals surface area contributed by atoms with Crippen LogP contribution in [-0.2, 0) is 0 Å². The van der Waals surface area contributed by atoms with Gasteiger partial charge in [-0.3, -0.25) is 0 Å². The molecule has 0 aliphatic heterocycles. The van der Waals surface area contributed by atoms with Gasteiger partial charge in [0, 0.05) is 0 Å². The Kier molecular flexibility index (Phi) is 3.92. The van der Waals surface area contributed by atoms with Crippen LogP contribution in [0, 0.1) is 0 Å². The maximum atomic E-state index is 8.82. The Morgan fingerprint density at radius 2 is 1.33 bits per heavy atom. The summed E-state index contributed by atoms with van der Waals surface area (Å²) < 4.78 is 0. The van der Waals surface area contributed by atoms with Crippen molar-refractivity contribution in [2.24, 2.45) is 5.16 Å². The van der Waals surface area contributed by atoms with Crippen LogP contribution in [0.15, 0.2) is 71.9 Å². The highest BCUT2D eigenvalue weighted by Crippen LogP contribution is 2.23. The minimum absolute atomic E-state index is 0.581. The summed E-state index contributed by atoms with van der Waals surface area (Å²) in [7, 11) is 0. The first-order chi connectivity index (χ1) is 8.81. The van der Waals surface area contributed by atoms with Crippen LogP contribution >= 0.6 is 0 Å². The lowest BCUT2D eigenvalue weighted by Crippen LogP contribution is -1.92. The van der Waals surface area contributed by atoms with Crippen LogP contribution in [0.3, 0.4) is 0 Å². The Bertz CT molecular complexity index is 515. The van der Waals surface area contributed by atoms with Crippen molar-refractivity contribution >= 4 is 11.3 Å². The lowest BCUT2D eigenvalue weighted by molar-refractivity contribution is 0.319. The summed E-state index contributed by atoms with van der Waals surface area (Å²) in [5.41, 5.74) is 3.84. The Morgan fingerprint density at radius 3 is 1.72 bits per heavy atom. The molecule has 0 aliphatic carbocycles. The largest absolute Gasteiger partial charge is 0.411 e. The predicted molar refractivity (Wildman–Crippen MR) is 74.9 cm³/mol. The van der Waals surface area contributed by atoms with E-state index in [-0.39, 0.29) is 0 Å². The average molecular weight is 237 g/mol. The number of allylic oxidation sites excluding steroid dienone is 1. The van der Waals surface area contributed by atoms with Crippen LogP contribution in [0.25, 0.3) is 5.57 Å². The third kappa shape index (κ3) is 2.86. The molecule has 0 aliphatic rings. The Morgan fingerprint density at radius 1 is 0.889 bits per heavy atom. The SMILES string of the molecule is CC(C=C(c1ccccc1)c1ccccc1)=NO. The second-order valence-electron chi connectivity index (χ2n) is 4.03. The van der Waals surface area contributed by atoms with Crippen LogP contribution in [0.2, 0.25) is 0 Å². The first-order valence-corrected chi connectivity index (χ1v) is 5.82. The van der Waals surface area contributed by atoms with E-state index >= 15 is 0 Å². The van der Waals surface area contributed by atoms with E-state index in [1.807, 2.05) is 66.7 Å². The molecule has 2 aromatic carbocycles. The van der Waals surface area contributed by atoms with Crippen LogP contribution in [-0.4, -0.2) is 10.9 Å². The highest BCUT2D eigenvalue weighted by atomic mass is 16.4. The Labute approximate surface area is 107 Å². The minimum atomic E-state index is 0.581. The maximum Gasteiger partial charge on any atom is 0.0771 e. The predicted octanol–water partition coefficient (Wildman–Crippen LogP) is 3.97. The van der Waals surface area contributed by atoms with E-state index in [1.54, 1.807) is 6.92 Å². The molecule has 0 radical (unpaired) electrons. The van der Waals surface area contributed by atoms with Crippen LogP contribution in [0.5, 0.6) is 0 Å². The molecule has 0 spiro atoms. The molecule has 0 fully saturated rings. The van der Waals surface area contributed by atoms with E-state index < -0.39 is 0 Å². The number of hydrogen-bond donors (Lipinski definition) is 1. The zero-order valence-corrected chi connectivity index (χ0v) is 10.2. The molecule has 0 saturated carbocycles. The average Bonchev–Trinajstić information content (AvgIpc) is 2.46. The van der Waals surface area contributed by atoms with Crippen molar-refractivity contribution in [2.45, 2.75) is 6.92 Å². The third-order valence-corrected chi connectivity index (χ3v) is 2.68. The van der Waals surface area contributed by atoms with Gasteiger partial charge in [0.1, 0.15) is 0 Å². The summed E-state index contributed by atoms with van der Waals surface area (Å²) in [6.07, 6.45) is 1.88. The van der Waals surface area contributed by atoms with Crippen LogP contribution in [0.1, 0.15) is 18.1 Å². The highest BCUT2D eigenvalue weighted by molar-refractivity contribution is 6.02. The third-order valence-electron chi connectivity index (χ3n) is 2.68. The molecule has 2 aromatic rings. The van der Waals surface area contributed by atoms with Gasteiger partial charge < -0.3 is 5.21 Å². The van der Waals surface area contributed by atoms with Gasteiger partial charge in [-0.1, -0.05) is 65.8 Å². The second-order valence-corrected chi connectivity index (χ2v) is 4.03. The van der Waals surface area contributed by atoms with E-state index in [0.717, 1.165) is 16.7 Å². The van der Waals surface area contributed by atoms with Gasteiger partial charge in [-0.25, -0.2) is 0 Å². The standard InChI is InChI=1S/C16H15NO/c1-13(17-18)12-16(14-8-4-2-5-9-14)15-10-6-3-7-11-15/h2-12,18H,1H3. The summed E-state index contributed by atoms with van der Waals surface area (Å²) in [6.45, 7) is 1.77. The molecule has 2 rings (SSSR count). The van der Waals surface area contributed by atoms with Crippen molar-refractivity contribution < 1.29 is 5.21 Å². The lowest BCUT2D eigenvalue weighted by atomic mass is 9.97. The number of rotatable bonds is 3. The molecule has 18 heavy (non-hydrogen) atoms. The summed E-state index contributed by atoms with van der Waals surface area (Å²) in [6, 6.07) is 20.1. The smallest absolute Gasteiger partial charge is 0.0771 e. The second kappa shape index (κ2) is 5.82. The first-order valence-electron chi connectivity index (χ1n) is 5.82. The van der Waals surface area contributed by atoms with Crippen LogP contribution < -0.4 is 0 Å². The van der Waals surface area contributed by atoms with Crippen LogP contribution in [0.4, 0.5) is 0 Å². The van der Waals surface area contributed by atoms with Crippen molar-refractivity contribution in [1.82, 2.24) is 0 Å². The van der Waals surface area contributed by atoms with Gasteiger partial charge in [-0.05, 0) is 29.7 Å². The fraction of sp³-hybridized carbons (Fsp3) is 0.0625. The first kappa shape index (κ1) is 12.1.